The first kappa shape index (κ1) is 19.8. The second-order valence-electron chi connectivity index (χ2n) is 6.60. The summed E-state index contributed by atoms with van der Waals surface area (Å²) in [5.74, 6) is 0.00238. The van der Waals surface area contributed by atoms with E-state index in [4.69, 9.17) is 9.15 Å². The van der Waals surface area contributed by atoms with Crippen molar-refractivity contribution in [2.75, 3.05) is 39.8 Å². The van der Waals surface area contributed by atoms with Crippen LogP contribution in [-0.4, -0.2) is 72.5 Å². The van der Waals surface area contributed by atoms with Crippen LogP contribution in [0.2, 0.25) is 0 Å². The molecule has 2 heterocycles. The van der Waals surface area contributed by atoms with Gasteiger partial charge in [-0.15, -0.1) is 0 Å². The molecule has 1 atom stereocenters. The summed E-state index contributed by atoms with van der Waals surface area (Å²) in [6.07, 6.45) is 1.33. The van der Waals surface area contributed by atoms with E-state index >= 15 is 0 Å². The van der Waals surface area contributed by atoms with Crippen LogP contribution in [0.4, 0.5) is 4.39 Å². The Morgan fingerprint density at radius 3 is 2.93 bits per heavy atom. The van der Waals surface area contributed by atoms with Crippen molar-refractivity contribution >= 4 is 11.8 Å². The fourth-order valence-corrected chi connectivity index (χ4v) is 2.98. The Bertz CT molecular complexity index is 841. The van der Waals surface area contributed by atoms with Gasteiger partial charge in [0.15, 0.2) is 11.6 Å². The van der Waals surface area contributed by atoms with Crippen LogP contribution in [-0.2, 0) is 4.79 Å². The maximum atomic E-state index is 13.1. The lowest BCUT2D eigenvalue weighted by Crippen LogP contribution is -2.59. The van der Waals surface area contributed by atoms with Crippen LogP contribution in [0.15, 0.2) is 34.9 Å². The molecule has 0 unspecified atom stereocenters. The lowest BCUT2D eigenvalue weighted by Gasteiger charge is -2.38. The molecule has 9 heteroatoms. The third-order valence-corrected chi connectivity index (χ3v) is 4.54. The summed E-state index contributed by atoms with van der Waals surface area (Å²) in [7, 11) is 1.84. The molecule has 0 radical (unpaired) electrons. The van der Waals surface area contributed by atoms with Crippen LogP contribution < -0.4 is 10.1 Å². The molecule has 0 spiro atoms. The molecule has 1 aromatic heterocycles. The number of carbonyl (C=O) groups is 2. The molecule has 1 aliphatic heterocycles. The number of ether oxygens (including phenoxy) is 1. The van der Waals surface area contributed by atoms with Crippen molar-refractivity contribution < 1.29 is 23.1 Å². The highest BCUT2D eigenvalue weighted by Gasteiger charge is 2.33. The third kappa shape index (κ3) is 4.86. The average Bonchev–Trinajstić information content (AvgIpc) is 3.11. The standard InChI is InChI=1S/C19H23FN4O4/c1-13-22-16(12-28-13)19(26)24-8-7-23(2)17(11-24)18(25)21-6-9-27-15-5-3-4-14(20)10-15/h3-5,10,12,17H,6-9,11H2,1-2H3,(H,21,25)/t17-/m1/s1. The number of aromatic nitrogens is 1. The van der Waals surface area contributed by atoms with E-state index in [1.165, 1.54) is 18.4 Å². The first-order valence-corrected chi connectivity index (χ1v) is 9.02. The molecule has 0 saturated carbocycles. The molecule has 150 valence electrons. The number of hydrogen-bond acceptors (Lipinski definition) is 6. The summed E-state index contributed by atoms with van der Waals surface area (Å²) in [6, 6.07) is 5.35. The van der Waals surface area contributed by atoms with Gasteiger partial charge in [0.05, 0.1) is 6.54 Å². The molecule has 8 nitrogen and oxygen atoms in total. The largest absolute Gasteiger partial charge is 0.492 e. The van der Waals surface area contributed by atoms with Gasteiger partial charge in [-0.3, -0.25) is 14.5 Å². The molecule has 1 saturated heterocycles. The van der Waals surface area contributed by atoms with E-state index < -0.39 is 6.04 Å². The Morgan fingerprint density at radius 2 is 2.21 bits per heavy atom. The van der Waals surface area contributed by atoms with Crippen LogP contribution >= 0.6 is 0 Å². The normalized spacial score (nSPS) is 17.4. The van der Waals surface area contributed by atoms with Crippen molar-refractivity contribution in [2.45, 2.75) is 13.0 Å². The number of carbonyl (C=O) groups excluding carboxylic acids is 2. The minimum absolute atomic E-state index is 0.195. The number of oxazole rings is 1. The van der Waals surface area contributed by atoms with Gasteiger partial charge in [-0.1, -0.05) is 6.07 Å². The molecule has 2 aromatic rings. The number of amides is 2. The van der Waals surface area contributed by atoms with E-state index in [1.54, 1.807) is 24.0 Å². The number of nitrogens with zero attached hydrogens (tertiary/aromatic N) is 3. The first-order chi connectivity index (χ1) is 13.4. The Balaban J connectivity index is 1.49. The minimum atomic E-state index is -0.472. The van der Waals surface area contributed by atoms with Gasteiger partial charge in [-0.05, 0) is 19.2 Å². The second kappa shape index (κ2) is 8.83. The van der Waals surface area contributed by atoms with Crippen LogP contribution in [0.1, 0.15) is 16.4 Å². The molecular weight excluding hydrogens is 367 g/mol. The summed E-state index contributed by atoms with van der Waals surface area (Å²) >= 11 is 0. The van der Waals surface area contributed by atoms with Gasteiger partial charge in [0.25, 0.3) is 5.91 Å². The smallest absolute Gasteiger partial charge is 0.275 e. The molecule has 3 rings (SSSR count). The Morgan fingerprint density at radius 1 is 1.39 bits per heavy atom. The molecule has 1 N–H and O–H groups in total. The highest BCUT2D eigenvalue weighted by molar-refractivity contribution is 5.93. The van der Waals surface area contributed by atoms with Crippen molar-refractivity contribution in [2.24, 2.45) is 0 Å². The van der Waals surface area contributed by atoms with Crippen LogP contribution in [0.5, 0.6) is 5.75 Å². The molecule has 0 bridgehead atoms. The molecular formula is C19H23FN4O4. The van der Waals surface area contributed by atoms with Crippen LogP contribution in [0.25, 0.3) is 0 Å². The summed E-state index contributed by atoms with van der Waals surface area (Å²) < 4.78 is 23.6. The maximum absolute atomic E-state index is 13.1. The molecule has 0 aliphatic carbocycles. The van der Waals surface area contributed by atoms with Gasteiger partial charge >= 0.3 is 0 Å². The zero-order chi connectivity index (χ0) is 20.1. The average molecular weight is 390 g/mol. The lowest BCUT2D eigenvalue weighted by atomic mass is 10.1. The lowest BCUT2D eigenvalue weighted by molar-refractivity contribution is -0.127. The topological polar surface area (TPSA) is 87.9 Å². The molecule has 1 aliphatic rings. The van der Waals surface area contributed by atoms with Gasteiger partial charge in [0.2, 0.25) is 5.91 Å². The Hall–Kier alpha value is -2.94. The fourth-order valence-electron chi connectivity index (χ4n) is 2.98. The maximum Gasteiger partial charge on any atom is 0.275 e. The summed E-state index contributed by atoms with van der Waals surface area (Å²) in [5.41, 5.74) is 0.240. The van der Waals surface area contributed by atoms with Crippen molar-refractivity contribution in [1.29, 1.82) is 0 Å². The van der Waals surface area contributed by atoms with E-state index in [2.05, 4.69) is 10.3 Å². The number of halogens is 1. The Kier molecular flexibility index (Phi) is 6.25. The Labute approximate surface area is 162 Å². The highest BCUT2D eigenvalue weighted by Crippen LogP contribution is 2.13. The predicted octanol–water partition coefficient (Wildman–Crippen LogP) is 1.07. The second-order valence-corrected chi connectivity index (χ2v) is 6.60. The highest BCUT2D eigenvalue weighted by atomic mass is 19.1. The molecule has 1 aromatic carbocycles. The van der Waals surface area contributed by atoms with Gasteiger partial charge in [0, 0.05) is 32.6 Å². The predicted molar refractivity (Wildman–Crippen MR) is 98.5 cm³/mol. The summed E-state index contributed by atoms with van der Waals surface area (Å²) in [5, 5.41) is 2.80. The number of hydrogen-bond donors (Lipinski definition) is 1. The van der Waals surface area contributed by atoms with E-state index in [0.717, 1.165) is 0 Å². The number of aryl methyl sites for hydroxylation is 1. The van der Waals surface area contributed by atoms with Gasteiger partial charge in [-0.25, -0.2) is 9.37 Å². The number of piperazine rings is 1. The quantitative estimate of drug-likeness (QED) is 0.743. The van der Waals surface area contributed by atoms with Crippen LogP contribution in [0.3, 0.4) is 0 Å². The molecule has 28 heavy (non-hydrogen) atoms. The zero-order valence-electron chi connectivity index (χ0n) is 15.9. The van der Waals surface area contributed by atoms with Crippen LogP contribution in [0, 0.1) is 12.7 Å². The number of nitrogens with one attached hydrogen (secondary N) is 1. The van der Waals surface area contributed by atoms with E-state index in [0.29, 0.717) is 24.7 Å². The van der Waals surface area contributed by atoms with Gasteiger partial charge in [-0.2, -0.15) is 0 Å². The van der Waals surface area contributed by atoms with Gasteiger partial charge in [0.1, 0.15) is 30.5 Å². The number of rotatable bonds is 6. The van der Waals surface area contributed by atoms with Crippen molar-refractivity contribution in [3.05, 3.63) is 47.9 Å². The molecule has 1 fully saturated rings. The SMILES string of the molecule is Cc1nc(C(=O)N2CCN(C)[C@@H](C(=O)NCCOc3cccc(F)c3)C2)co1. The van der Waals surface area contributed by atoms with E-state index in [-0.39, 0.29) is 43.0 Å². The number of likely N-dealkylation sites (N-methyl/N-ethyl adjacent to an activating group) is 1. The van der Waals surface area contributed by atoms with Gasteiger partial charge < -0.3 is 19.4 Å². The van der Waals surface area contributed by atoms with E-state index in [1.807, 2.05) is 11.9 Å². The van der Waals surface area contributed by atoms with Crippen molar-refractivity contribution in [1.82, 2.24) is 20.1 Å². The monoisotopic (exact) mass is 390 g/mol. The third-order valence-electron chi connectivity index (χ3n) is 4.54. The minimum Gasteiger partial charge on any atom is -0.492 e. The zero-order valence-corrected chi connectivity index (χ0v) is 15.9. The number of benzene rings is 1. The first-order valence-electron chi connectivity index (χ1n) is 9.02. The summed E-state index contributed by atoms with van der Waals surface area (Å²) in [6.45, 7) is 3.50. The van der Waals surface area contributed by atoms with Crippen molar-refractivity contribution in [3.8, 4) is 5.75 Å². The fraction of sp³-hybridized carbons (Fsp3) is 0.421. The van der Waals surface area contributed by atoms with Crippen molar-refractivity contribution in [3.63, 3.8) is 0 Å². The van der Waals surface area contributed by atoms with E-state index in [9.17, 15) is 14.0 Å². The summed E-state index contributed by atoms with van der Waals surface area (Å²) in [4.78, 5) is 32.6. The molecule has 2 amide bonds.